The zero-order valence-electron chi connectivity index (χ0n) is 18.5. The molecule has 2 aromatic carbocycles. The number of nitrogens with zero attached hydrogens (tertiary/aromatic N) is 1. The average Bonchev–Trinajstić information content (AvgIpc) is 2.77. The van der Waals surface area contributed by atoms with Gasteiger partial charge in [0.25, 0.3) is 0 Å². The van der Waals surface area contributed by atoms with Crippen molar-refractivity contribution >= 4 is 12.2 Å². The number of unbranched alkanes of at least 4 members (excludes halogenated alkanes) is 1. The normalized spacial score (nSPS) is 14.5. The molecule has 1 aliphatic rings. The van der Waals surface area contributed by atoms with Crippen LogP contribution in [0.3, 0.4) is 0 Å². The SMILES string of the molecule is CCCCN(CC1CCCCC1)C(=O)Cc1ccc(C=O)c(-c2ccccc2C)c1. The fourth-order valence-corrected chi connectivity index (χ4v) is 4.56. The van der Waals surface area contributed by atoms with E-state index in [9.17, 15) is 9.59 Å². The molecule has 30 heavy (non-hydrogen) atoms. The molecule has 0 radical (unpaired) electrons. The van der Waals surface area contributed by atoms with E-state index < -0.39 is 0 Å². The molecule has 0 heterocycles. The van der Waals surface area contributed by atoms with Gasteiger partial charge in [0, 0.05) is 18.7 Å². The lowest BCUT2D eigenvalue weighted by atomic mass is 9.88. The molecule has 0 atom stereocenters. The van der Waals surface area contributed by atoms with Gasteiger partial charge in [-0.2, -0.15) is 0 Å². The van der Waals surface area contributed by atoms with Gasteiger partial charge in [0.05, 0.1) is 6.42 Å². The van der Waals surface area contributed by atoms with Crippen LogP contribution in [0.25, 0.3) is 11.1 Å². The molecule has 0 unspecified atom stereocenters. The highest BCUT2D eigenvalue weighted by Crippen LogP contribution is 2.28. The monoisotopic (exact) mass is 405 g/mol. The van der Waals surface area contributed by atoms with Crippen molar-refractivity contribution < 1.29 is 9.59 Å². The van der Waals surface area contributed by atoms with E-state index in [1.165, 1.54) is 32.1 Å². The fourth-order valence-electron chi connectivity index (χ4n) is 4.56. The van der Waals surface area contributed by atoms with Crippen LogP contribution in [0.1, 0.15) is 73.4 Å². The van der Waals surface area contributed by atoms with Gasteiger partial charge >= 0.3 is 0 Å². The largest absolute Gasteiger partial charge is 0.342 e. The summed E-state index contributed by atoms with van der Waals surface area (Å²) in [5, 5.41) is 0. The van der Waals surface area contributed by atoms with Gasteiger partial charge in [0.1, 0.15) is 0 Å². The summed E-state index contributed by atoms with van der Waals surface area (Å²) in [4.78, 5) is 26.9. The average molecular weight is 406 g/mol. The van der Waals surface area contributed by atoms with Crippen LogP contribution in [0.4, 0.5) is 0 Å². The second-order valence-electron chi connectivity index (χ2n) is 8.73. The van der Waals surface area contributed by atoms with Crippen LogP contribution in [0.15, 0.2) is 42.5 Å². The number of hydrogen-bond acceptors (Lipinski definition) is 2. The molecular weight excluding hydrogens is 370 g/mol. The Balaban J connectivity index is 1.78. The number of carbonyl (C=O) groups is 2. The van der Waals surface area contributed by atoms with Gasteiger partial charge in [-0.1, -0.05) is 69.0 Å². The number of aryl methyl sites for hydroxylation is 1. The van der Waals surface area contributed by atoms with Crippen molar-refractivity contribution in [3.63, 3.8) is 0 Å². The highest BCUT2D eigenvalue weighted by molar-refractivity contribution is 5.89. The summed E-state index contributed by atoms with van der Waals surface area (Å²) < 4.78 is 0. The number of aldehydes is 1. The van der Waals surface area contributed by atoms with Gasteiger partial charge < -0.3 is 4.90 Å². The molecule has 0 bridgehead atoms. The van der Waals surface area contributed by atoms with E-state index >= 15 is 0 Å². The van der Waals surface area contributed by atoms with Crippen LogP contribution >= 0.6 is 0 Å². The molecule has 0 saturated heterocycles. The Bertz CT molecular complexity index is 852. The van der Waals surface area contributed by atoms with Crippen LogP contribution in [0.5, 0.6) is 0 Å². The minimum atomic E-state index is 0.212. The Morgan fingerprint density at radius 3 is 2.53 bits per heavy atom. The zero-order chi connectivity index (χ0) is 21.3. The van der Waals surface area contributed by atoms with Gasteiger partial charge in [0.15, 0.2) is 6.29 Å². The number of benzene rings is 2. The highest BCUT2D eigenvalue weighted by Gasteiger charge is 2.21. The number of carbonyl (C=O) groups excluding carboxylic acids is 2. The third-order valence-electron chi connectivity index (χ3n) is 6.37. The second kappa shape index (κ2) is 11.1. The first-order valence-corrected chi connectivity index (χ1v) is 11.5. The van der Waals surface area contributed by atoms with E-state index in [0.717, 1.165) is 54.5 Å². The molecule has 0 aliphatic heterocycles. The van der Waals surface area contributed by atoms with Gasteiger partial charge in [-0.25, -0.2) is 0 Å². The first kappa shape index (κ1) is 22.3. The quantitative estimate of drug-likeness (QED) is 0.464. The molecule has 1 amide bonds. The standard InChI is InChI=1S/C27H35NO2/c1-3-4-16-28(19-22-11-6-5-7-12-22)27(30)18-23-14-15-24(20-29)26(17-23)25-13-9-8-10-21(25)2/h8-10,13-15,17,20,22H,3-7,11-12,16,18-19H2,1-2H3. The summed E-state index contributed by atoms with van der Waals surface area (Å²) in [6.07, 6.45) is 9.89. The Kier molecular flexibility index (Phi) is 8.24. The lowest BCUT2D eigenvalue weighted by Gasteiger charge is -2.30. The minimum absolute atomic E-state index is 0.212. The van der Waals surface area contributed by atoms with Gasteiger partial charge in [0.2, 0.25) is 5.91 Å². The summed E-state index contributed by atoms with van der Waals surface area (Å²) in [5.74, 6) is 0.864. The van der Waals surface area contributed by atoms with Gasteiger partial charge in [-0.05, 0) is 60.4 Å². The van der Waals surface area contributed by atoms with Crippen molar-refractivity contribution in [2.75, 3.05) is 13.1 Å². The van der Waals surface area contributed by atoms with E-state index in [2.05, 4.69) is 24.8 Å². The van der Waals surface area contributed by atoms with Crippen LogP contribution in [-0.4, -0.2) is 30.2 Å². The molecule has 3 nitrogen and oxygen atoms in total. The van der Waals surface area contributed by atoms with Crippen LogP contribution in [0, 0.1) is 12.8 Å². The first-order chi connectivity index (χ1) is 14.6. The number of hydrogen-bond donors (Lipinski definition) is 0. The van der Waals surface area contributed by atoms with Crippen molar-refractivity contribution in [3.8, 4) is 11.1 Å². The van der Waals surface area contributed by atoms with Crippen LogP contribution in [-0.2, 0) is 11.2 Å². The summed E-state index contributed by atoms with van der Waals surface area (Å²) in [5.41, 5.74) is 4.75. The van der Waals surface area contributed by atoms with Gasteiger partial charge in [-0.3, -0.25) is 9.59 Å². The second-order valence-corrected chi connectivity index (χ2v) is 8.73. The Morgan fingerprint density at radius 1 is 1.07 bits per heavy atom. The van der Waals surface area contributed by atoms with Crippen LogP contribution < -0.4 is 0 Å². The van der Waals surface area contributed by atoms with Crippen molar-refractivity contribution in [1.82, 2.24) is 4.90 Å². The third-order valence-corrected chi connectivity index (χ3v) is 6.37. The minimum Gasteiger partial charge on any atom is -0.342 e. The fraction of sp³-hybridized carbons (Fsp3) is 0.481. The third kappa shape index (κ3) is 5.81. The van der Waals surface area contributed by atoms with Crippen molar-refractivity contribution in [3.05, 3.63) is 59.2 Å². The predicted octanol–water partition coefficient (Wildman–Crippen LogP) is 6.23. The molecule has 1 saturated carbocycles. The zero-order valence-corrected chi connectivity index (χ0v) is 18.5. The Morgan fingerprint density at radius 2 is 1.83 bits per heavy atom. The molecule has 160 valence electrons. The molecule has 0 spiro atoms. The van der Waals surface area contributed by atoms with Crippen molar-refractivity contribution in [2.45, 2.75) is 65.2 Å². The topological polar surface area (TPSA) is 37.4 Å². The molecule has 0 N–H and O–H groups in total. The van der Waals surface area contributed by atoms with E-state index in [1.807, 2.05) is 36.4 Å². The van der Waals surface area contributed by atoms with E-state index in [4.69, 9.17) is 0 Å². The molecule has 3 heteroatoms. The first-order valence-electron chi connectivity index (χ1n) is 11.5. The predicted molar refractivity (Wildman–Crippen MR) is 124 cm³/mol. The smallest absolute Gasteiger partial charge is 0.226 e. The maximum Gasteiger partial charge on any atom is 0.226 e. The lowest BCUT2D eigenvalue weighted by molar-refractivity contribution is -0.131. The molecule has 3 rings (SSSR count). The molecule has 1 aliphatic carbocycles. The highest BCUT2D eigenvalue weighted by atomic mass is 16.2. The Hall–Kier alpha value is -2.42. The molecule has 1 fully saturated rings. The number of rotatable bonds is 9. The van der Waals surface area contributed by atoms with E-state index in [1.54, 1.807) is 0 Å². The molecule has 0 aromatic heterocycles. The maximum absolute atomic E-state index is 13.2. The summed E-state index contributed by atoms with van der Waals surface area (Å²) >= 11 is 0. The van der Waals surface area contributed by atoms with E-state index in [-0.39, 0.29) is 5.91 Å². The summed E-state index contributed by atoms with van der Waals surface area (Å²) in [6, 6.07) is 13.9. The Labute approximate surface area is 181 Å². The van der Waals surface area contributed by atoms with Crippen molar-refractivity contribution in [1.29, 1.82) is 0 Å². The summed E-state index contributed by atoms with van der Waals surface area (Å²) in [7, 11) is 0. The summed E-state index contributed by atoms with van der Waals surface area (Å²) in [6.45, 7) is 5.98. The van der Waals surface area contributed by atoms with Crippen LogP contribution in [0.2, 0.25) is 0 Å². The molecular formula is C27H35NO2. The van der Waals surface area contributed by atoms with Crippen molar-refractivity contribution in [2.24, 2.45) is 5.92 Å². The molecule has 2 aromatic rings. The lowest BCUT2D eigenvalue weighted by Crippen LogP contribution is -2.37. The maximum atomic E-state index is 13.2. The van der Waals surface area contributed by atoms with Gasteiger partial charge in [-0.15, -0.1) is 0 Å². The van der Waals surface area contributed by atoms with E-state index in [0.29, 0.717) is 17.9 Å². The number of amides is 1.